The smallest absolute Gasteiger partial charge is 0.271 e. The number of rotatable bonds is 3. The van der Waals surface area contributed by atoms with Crippen LogP contribution in [0, 0.1) is 0 Å². The van der Waals surface area contributed by atoms with Crippen molar-refractivity contribution in [3.8, 4) is 11.4 Å². The van der Waals surface area contributed by atoms with Gasteiger partial charge in [0.15, 0.2) is 17.1 Å². The molecule has 0 bridgehead atoms. The summed E-state index contributed by atoms with van der Waals surface area (Å²) in [6.07, 6.45) is 3.57. The number of fused-ring (bicyclic) bond motifs is 1. The Kier molecular flexibility index (Phi) is 3.64. The zero-order chi connectivity index (χ0) is 15.7. The van der Waals surface area contributed by atoms with E-state index in [4.69, 9.17) is 0 Å². The summed E-state index contributed by atoms with van der Waals surface area (Å²) in [4.78, 5) is 32.1. The fourth-order valence-corrected chi connectivity index (χ4v) is 2.51. The maximum atomic E-state index is 12.5. The summed E-state index contributed by atoms with van der Waals surface area (Å²) in [6.45, 7) is 0. The number of pyridine rings is 1. The van der Waals surface area contributed by atoms with Gasteiger partial charge in [0.1, 0.15) is 11.3 Å². The first kappa shape index (κ1) is 14.3. The first-order valence-electron chi connectivity index (χ1n) is 6.36. The van der Waals surface area contributed by atoms with Crippen LogP contribution in [0.3, 0.4) is 0 Å². The minimum atomic E-state index is -0.614. The van der Waals surface area contributed by atoms with Crippen molar-refractivity contribution in [3.63, 3.8) is 0 Å². The van der Waals surface area contributed by atoms with E-state index >= 15 is 0 Å². The van der Waals surface area contributed by atoms with E-state index in [0.717, 1.165) is 0 Å². The molecule has 1 N–H and O–H groups in total. The number of hydrogen-bond donors (Lipinski definition) is 1. The molecule has 22 heavy (non-hydrogen) atoms. The maximum absolute atomic E-state index is 12.5. The van der Waals surface area contributed by atoms with Crippen molar-refractivity contribution in [2.75, 3.05) is 6.26 Å². The molecule has 0 atom stereocenters. The van der Waals surface area contributed by atoms with Crippen LogP contribution in [-0.2, 0) is 0 Å². The molecule has 7 heteroatoms. The summed E-state index contributed by atoms with van der Waals surface area (Å²) >= 11 is 1.32. The number of aldehydes is 1. The number of thioether (sulfide) groups is 1. The lowest BCUT2D eigenvalue weighted by Gasteiger charge is -2.12. The molecule has 2 heterocycles. The van der Waals surface area contributed by atoms with E-state index in [1.54, 1.807) is 24.3 Å². The van der Waals surface area contributed by atoms with Gasteiger partial charge in [0.25, 0.3) is 5.56 Å². The van der Waals surface area contributed by atoms with Crippen molar-refractivity contribution in [2.45, 2.75) is 5.16 Å². The SMILES string of the molecule is CSc1ncc2c(O)c(C=O)c(=O)n(-c3ccccc3)c2n1. The minimum Gasteiger partial charge on any atom is -0.506 e. The number of nitrogens with zero attached hydrogens (tertiary/aromatic N) is 3. The van der Waals surface area contributed by atoms with Crippen LogP contribution < -0.4 is 5.56 Å². The van der Waals surface area contributed by atoms with Crippen molar-refractivity contribution in [3.05, 3.63) is 52.4 Å². The monoisotopic (exact) mass is 313 g/mol. The van der Waals surface area contributed by atoms with Crippen LogP contribution in [0.15, 0.2) is 46.5 Å². The number of hydrogen-bond acceptors (Lipinski definition) is 6. The first-order chi connectivity index (χ1) is 10.7. The molecule has 0 aliphatic carbocycles. The molecule has 0 unspecified atom stereocenters. The molecule has 6 nitrogen and oxygen atoms in total. The van der Waals surface area contributed by atoms with Gasteiger partial charge in [-0.3, -0.25) is 14.2 Å². The molecule has 0 amide bonds. The van der Waals surface area contributed by atoms with Gasteiger partial charge in [-0.15, -0.1) is 0 Å². The van der Waals surface area contributed by atoms with Crippen LogP contribution in [0.1, 0.15) is 10.4 Å². The fourth-order valence-electron chi connectivity index (χ4n) is 2.18. The Labute approximate surface area is 129 Å². The van der Waals surface area contributed by atoms with Gasteiger partial charge < -0.3 is 5.11 Å². The lowest BCUT2D eigenvalue weighted by molar-refractivity contribution is 0.111. The van der Waals surface area contributed by atoms with Crippen LogP contribution in [0.5, 0.6) is 5.75 Å². The third-order valence-corrected chi connectivity index (χ3v) is 3.78. The third kappa shape index (κ3) is 2.15. The van der Waals surface area contributed by atoms with Gasteiger partial charge in [-0.25, -0.2) is 9.97 Å². The Balaban J connectivity index is 2.52. The highest BCUT2D eigenvalue weighted by Crippen LogP contribution is 2.26. The second-order valence-electron chi connectivity index (χ2n) is 4.45. The Morgan fingerprint density at radius 3 is 2.64 bits per heavy atom. The van der Waals surface area contributed by atoms with E-state index < -0.39 is 11.3 Å². The molecule has 0 aliphatic rings. The fraction of sp³-hybridized carbons (Fsp3) is 0.0667. The zero-order valence-electron chi connectivity index (χ0n) is 11.6. The number of aromatic hydroxyl groups is 1. The number of carbonyl (C=O) groups excluding carboxylic acids is 1. The van der Waals surface area contributed by atoms with Gasteiger partial charge in [-0.2, -0.15) is 0 Å². The molecule has 0 radical (unpaired) electrons. The largest absolute Gasteiger partial charge is 0.506 e. The highest BCUT2D eigenvalue weighted by atomic mass is 32.2. The number of carbonyl (C=O) groups is 1. The summed E-state index contributed by atoms with van der Waals surface area (Å²) in [5, 5.41) is 10.9. The van der Waals surface area contributed by atoms with Gasteiger partial charge in [0.2, 0.25) is 0 Å². The quantitative estimate of drug-likeness (QED) is 0.452. The van der Waals surface area contributed by atoms with Crippen LogP contribution in [0.25, 0.3) is 16.7 Å². The summed E-state index contributed by atoms with van der Waals surface area (Å²) in [5.41, 5.74) is -0.0983. The molecule has 2 aromatic heterocycles. The van der Waals surface area contributed by atoms with E-state index in [9.17, 15) is 14.7 Å². The predicted octanol–water partition coefficient (Wildman–Crippen LogP) is 2.02. The molecular formula is C15H11N3O3S. The summed E-state index contributed by atoms with van der Waals surface area (Å²) in [6, 6.07) is 8.83. The van der Waals surface area contributed by atoms with E-state index in [2.05, 4.69) is 9.97 Å². The number of benzene rings is 1. The minimum absolute atomic E-state index is 0.253. The van der Waals surface area contributed by atoms with E-state index in [1.807, 2.05) is 12.3 Å². The van der Waals surface area contributed by atoms with Gasteiger partial charge in [-0.1, -0.05) is 30.0 Å². The van der Waals surface area contributed by atoms with Crippen molar-refractivity contribution >= 4 is 29.1 Å². The maximum Gasteiger partial charge on any atom is 0.271 e. The normalized spacial score (nSPS) is 10.8. The van der Waals surface area contributed by atoms with Crippen molar-refractivity contribution in [1.29, 1.82) is 0 Å². The molecule has 3 rings (SSSR count). The van der Waals surface area contributed by atoms with E-state index in [-0.39, 0.29) is 16.6 Å². The predicted molar refractivity (Wildman–Crippen MR) is 84.0 cm³/mol. The van der Waals surface area contributed by atoms with Gasteiger partial charge in [-0.05, 0) is 18.4 Å². The standard InChI is InChI=1S/C15H11N3O3S/c1-22-15-16-7-10-12(20)11(8-19)14(21)18(13(10)17-15)9-5-3-2-4-6-9/h2-8,20H,1H3. The van der Waals surface area contributed by atoms with Crippen LogP contribution in [0.4, 0.5) is 0 Å². The molecular weight excluding hydrogens is 302 g/mol. The summed E-state index contributed by atoms with van der Waals surface area (Å²) in [7, 11) is 0. The lowest BCUT2D eigenvalue weighted by atomic mass is 10.2. The van der Waals surface area contributed by atoms with Crippen LogP contribution in [-0.4, -0.2) is 32.2 Å². The van der Waals surface area contributed by atoms with Crippen molar-refractivity contribution in [1.82, 2.24) is 14.5 Å². The third-order valence-electron chi connectivity index (χ3n) is 3.22. The molecule has 1 aromatic carbocycles. The molecule has 0 saturated heterocycles. The molecule has 0 aliphatic heterocycles. The van der Waals surface area contributed by atoms with Gasteiger partial charge in [0, 0.05) is 6.20 Å². The Morgan fingerprint density at radius 1 is 1.27 bits per heavy atom. The molecule has 0 fully saturated rings. The first-order valence-corrected chi connectivity index (χ1v) is 7.59. The van der Waals surface area contributed by atoms with Crippen molar-refractivity contribution in [2.24, 2.45) is 0 Å². The van der Waals surface area contributed by atoms with E-state index in [0.29, 0.717) is 17.1 Å². The van der Waals surface area contributed by atoms with Crippen LogP contribution >= 0.6 is 11.8 Å². The van der Waals surface area contributed by atoms with Crippen molar-refractivity contribution < 1.29 is 9.90 Å². The van der Waals surface area contributed by atoms with E-state index in [1.165, 1.54) is 22.5 Å². The Bertz CT molecular complexity index is 923. The lowest BCUT2D eigenvalue weighted by Crippen LogP contribution is -2.23. The molecule has 3 aromatic rings. The topological polar surface area (TPSA) is 85.1 Å². The highest BCUT2D eigenvalue weighted by molar-refractivity contribution is 7.98. The Morgan fingerprint density at radius 2 is 2.00 bits per heavy atom. The summed E-state index contributed by atoms with van der Waals surface area (Å²) in [5.74, 6) is -0.394. The number of para-hydroxylation sites is 1. The molecule has 110 valence electrons. The van der Waals surface area contributed by atoms with Crippen LogP contribution in [0.2, 0.25) is 0 Å². The average molecular weight is 313 g/mol. The second kappa shape index (κ2) is 5.61. The highest BCUT2D eigenvalue weighted by Gasteiger charge is 2.18. The summed E-state index contributed by atoms with van der Waals surface area (Å²) < 4.78 is 1.31. The second-order valence-corrected chi connectivity index (χ2v) is 5.22. The molecule has 0 saturated carbocycles. The number of aromatic nitrogens is 3. The Hall–Kier alpha value is -2.67. The average Bonchev–Trinajstić information content (AvgIpc) is 2.56. The van der Waals surface area contributed by atoms with Gasteiger partial charge in [0.05, 0.1) is 11.1 Å². The van der Waals surface area contributed by atoms with Gasteiger partial charge >= 0.3 is 0 Å². The molecule has 0 spiro atoms. The zero-order valence-corrected chi connectivity index (χ0v) is 12.4.